The fourth-order valence-electron chi connectivity index (χ4n) is 2.56. The molecule has 0 N–H and O–H groups in total. The molecule has 1 amide bonds. The third-order valence-corrected chi connectivity index (χ3v) is 4.73. The quantitative estimate of drug-likeness (QED) is 0.668. The lowest BCUT2D eigenvalue weighted by molar-refractivity contribution is -0.142. The van der Waals surface area contributed by atoms with Crippen molar-refractivity contribution in [1.29, 1.82) is 0 Å². The van der Waals surface area contributed by atoms with Crippen molar-refractivity contribution in [2.24, 2.45) is 0 Å². The van der Waals surface area contributed by atoms with Crippen LogP contribution in [-0.4, -0.2) is 34.4 Å². The molecular formula is C17H17N3O3S. The molecule has 1 atom stereocenters. The smallest absolute Gasteiger partial charge is 0.328 e. The number of carbonyl (C=O) groups is 2. The molecule has 0 aliphatic rings. The summed E-state index contributed by atoms with van der Waals surface area (Å²) in [5.41, 5.74) is 0.658. The molecule has 0 aliphatic carbocycles. The second-order valence-electron chi connectivity index (χ2n) is 5.17. The molecule has 1 aromatic carbocycles. The SMILES string of the molecule is CC[C@@H](C(=O)OC)N(C(=O)c1cn2ccnc2s1)c1ccccc1. The number of thiazole rings is 1. The molecule has 2 heterocycles. The van der Waals surface area contributed by atoms with E-state index in [4.69, 9.17) is 4.74 Å². The Morgan fingerprint density at radius 1 is 1.33 bits per heavy atom. The Morgan fingerprint density at radius 3 is 2.71 bits per heavy atom. The summed E-state index contributed by atoms with van der Waals surface area (Å²) in [5, 5.41) is 0. The summed E-state index contributed by atoms with van der Waals surface area (Å²) >= 11 is 1.29. The van der Waals surface area contributed by atoms with Gasteiger partial charge < -0.3 is 4.74 Å². The van der Waals surface area contributed by atoms with E-state index in [1.165, 1.54) is 23.3 Å². The predicted molar refractivity (Wildman–Crippen MR) is 92.4 cm³/mol. The number of aromatic nitrogens is 2. The number of imidazole rings is 1. The standard InChI is InChI=1S/C17H17N3O3S/c1-3-13(16(22)23-2)20(12-7-5-4-6-8-12)15(21)14-11-19-10-9-18-17(19)24-14/h4-11,13H,3H2,1-2H3/t13-/m0/s1. The lowest BCUT2D eigenvalue weighted by atomic mass is 10.1. The topological polar surface area (TPSA) is 63.9 Å². The molecule has 2 aromatic heterocycles. The summed E-state index contributed by atoms with van der Waals surface area (Å²) in [6.45, 7) is 1.85. The van der Waals surface area contributed by atoms with E-state index >= 15 is 0 Å². The van der Waals surface area contributed by atoms with Gasteiger partial charge in [-0.1, -0.05) is 36.5 Å². The number of ether oxygens (including phenoxy) is 1. The Bertz CT molecular complexity index is 828. The first-order valence-corrected chi connectivity index (χ1v) is 8.36. The average Bonchev–Trinajstić information content (AvgIpc) is 3.21. The van der Waals surface area contributed by atoms with E-state index in [0.29, 0.717) is 17.0 Å². The molecule has 0 aliphatic heterocycles. The van der Waals surface area contributed by atoms with Crippen LogP contribution >= 0.6 is 11.3 Å². The fraction of sp³-hybridized carbons (Fsp3) is 0.235. The Balaban J connectivity index is 2.04. The highest BCUT2D eigenvalue weighted by molar-refractivity contribution is 7.19. The molecule has 7 heteroatoms. The van der Waals surface area contributed by atoms with Crippen molar-refractivity contribution >= 4 is 33.9 Å². The van der Waals surface area contributed by atoms with Crippen LogP contribution < -0.4 is 4.90 Å². The van der Waals surface area contributed by atoms with Gasteiger partial charge in [-0.25, -0.2) is 9.78 Å². The molecule has 0 spiro atoms. The van der Waals surface area contributed by atoms with Crippen LogP contribution in [-0.2, 0) is 9.53 Å². The Labute approximate surface area is 143 Å². The number of anilines is 1. The molecule has 124 valence electrons. The third kappa shape index (κ3) is 2.90. The van der Waals surface area contributed by atoms with Gasteiger partial charge in [0.2, 0.25) is 0 Å². The number of esters is 1. The number of methoxy groups -OCH3 is 1. The van der Waals surface area contributed by atoms with E-state index in [-0.39, 0.29) is 5.91 Å². The van der Waals surface area contributed by atoms with Gasteiger partial charge in [-0.2, -0.15) is 0 Å². The Hall–Kier alpha value is -2.67. The fourth-order valence-corrected chi connectivity index (χ4v) is 3.44. The Kier molecular flexibility index (Phi) is 4.61. The molecular weight excluding hydrogens is 326 g/mol. The highest BCUT2D eigenvalue weighted by Gasteiger charge is 2.32. The first-order valence-electron chi connectivity index (χ1n) is 7.54. The number of para-hydroxylation sites is 1. The van der Waals surface area contributed by atoms with Gasteiger partial charge in [0.1, 0.15) is 10.9 Å². The van der Waals surface area contributed by atoms with Crippen LogP contribution in [0.15, 0.2) is 48.9 Å². The van der Waals surface area contributed by atoms with Crippen molar-refractivity contribution in [3.8, 4) is 0 Å². The predicted octanol–water partition coefficient (Wildman–Crippen LogP) is 2.99. The average molecular weight is 343 g/mol. The molecule has 0 unspecified atom stereocenters. The molecule has 6 nitrogen and oxygen atoms in total. The van der Waals surface area contributed by atoms with Gasteiger partial charge in [0.25, 0.3) is 5.91 Å². The number of fused-ring (bicyclic) bond motifs is 1. The molecule has 24 heavy (non-hydrogen) atoms. The van der Waals surface area contributed by atoms with Gasteiger partial charge in [0.05, 0.1) is 7.11 Å². The summed E-state index contributed by atoms with van der Waals surface area (Å²) in [4.78, 5) is 32.2. The van der Waals surface area contributed by atoms with Gasteiger partial charge >= 0.3 is 5.97 Å². The van der Waals surface area contributed by atoms with Gasteiger partial charge in [-0.3, -0.25) is 14.1 Å². The van der Waals surface area contributed by atoms with Crippen LogP contribution in [0.3, 0.4) is 0 Å². The molecule has 0 bridgehead atoms. The van der Waals surface area contributed by atoms with Crippen LogP contribution in [0.1, 0.15) is 23.0 Å². The zero-order valence-corrected chi connectivity index (χ0v) is 14.2. The molecule has 3 aromatic rings. The molecule has 0 fully saturated rings. The molecule has 3 rings (SSSR count). The second kappa shape index (κ2) is 6.84. The van der Waals surface area contributed by atoms with Crippen molar-refractivity contribution in [1.82, 2.24) is 9.38 Å². The number of nitrogens with zero attached hydrogens (tertiary/aromatic N) is 3. The Morgan fingerprint density at radius 2 is 2.08 bits per heavy atom. The van der Waals surface area contributed by atoms with Crippen molar-refractivity contribution in [2.75, 3.05) is 12.0 Å². The van der Waals surface area contributed by atoms with Crippen molar-refractivity contribution < 1.29 is 14.3 Å². The first kappa shape index (κ1) is 16.2. The largest absolute Gasteiger partial charge is 0.467 e. The van der Waals surface area contributed by atoms with Crippen molar-refractivity contribution in [3.05, 3.63) is 53.8 Å². The van der Waals surface area contributed by atoms with Crippen LogP contribution in [0.5, 0.6) is 0 Å². The number of hydrogen-bond donors (Lipinski definition) is 0. The van der Waals surface area contributed by atoms with E-state index in [1.54, 1.807) is 23.0 Å². The highest BCUT2D eigenvalue weighted by atomic mass is 32.1. The monoisotopic (exact) mass is 343 g/mol. The number of hydrogen-bond acceptors (Lipinski definition) is 5. The van der Waals surface area contributed by atoms with E-state index in [9.17, 15) is 9.59 Å². The summed E-state index contributed by atoms with van der Waals surface area (Å²) in [7, 11) is 1.33. The van der Waals surface area contributed by atoms with Crippen molar-refractivity contribution in [2.45, 2.75) is 19.4 Å². The van der Waals surface area contributed by atoms with E-state index in [2.05, 4.69) is 4.98 Å². The summed E-state index contributed by atoms with van der Waals surface area (Å²) in [6, 6.07) is 8.47. The molecule has 0 saturated carbocycles. The summed E-state index contributed by atoms with van der Waals surface area (Å²) in [6.07, 6.45) is 5.65. The normalized spacial score (nSPS) is 12.1. The number of rotatable bonds is 5. The van der Waals surface area contributed by atoms with Crippen LogP contribution in [0.25, 0.3) is 4.96 Å². The van der Waals surface area contributed by atoms with E-state index < -0.39 is 12.0 Å². The minimum Gasteiger partial charge on any atom is -0.467 e. The lowest BCUT2D eigenvalue weighted by Crippen LogP contribution is -2.45. The summed E-state index contributed by atoms with van der Waals surface area (Å²) in [5.74, 6) is -0.676. The third-order valence-electron chi connectivity index (χ3n) is 3.73. The second-order valence-corrected chi connectivity index (χ2v) is 6.18. The van der Waals surface area contributed by atoms with Crippen LogP contribution in [0.2, 0.25) is 0 Å². The maximum atomic E-state index is 13.1. The van der Waals surface area contributed by atoms with Gasteiger partial charge in [-0.15, -0.1) is 0 Å². The van der Waals surface area contributed by atoms with Crippen molar-refractivity contribution in [3.63, 3.8) is 0 Å². The zero-order chi connectivity index (χ0) is 17.1. The number of carbonyl (C=O) groups excluding carboxylic acids is 2. The van der Waals surface area contributed by atoms with E-state index in [0.717, 1.165) is 4.96 Å². The van der Waals surface area contributed by atoms with E-state index in [1.807, 2.05) is 37.3 Å². The first-order chi connectivity index (χ1) is 11.7. The molecule has 0 saturated heterocycles. The number of benzene rings is 1. The lowest BCUT2D eigenvalue weighted by Gasteiger charge is -2.28. The summed E-state index contributed by atoms with van der Waals surface area (Å²) < 4.78 is 6.68. The molecule has 0 radical (unpaired) electrons. The van der Waals surface area contributed by atoms with Gasteiger partial charge in [0, 0.05) is 24.3 Å². The minimum absolute atomic E-state index is 0.242. The highest BCUT2D eigenvalue weighted by Crippen LogP contribution is 2.25. The van der Waals surface area contributed by atoms with Crippen LogP contribution in [0.4, 0.5) is 5.69 Å². The maximum Gasteiger partial charge on any atom is 0.328 e. The zero-order valence-electron chi connectivity index (χ0n) is 13.4. The maximum absolute atomic E-state index is 13.1. The van der Waals surface area contributed by atoms with Crippen LogP contribution in [0, 0.1) is 0 Å². The number of amides is 1. The van der Waals surface area contributed by atoms with Gasteiger partial charge in [-0.05, 0) is 18.6 Å². The van der Waals surface area contributed by atoms with Gasteiger partial charge in [0.15, 0.2) is 4.96 Å². The minimum atomic E-state index is -0.681.